The minimum Gasteiger partial charge on any atom is -0.340 e. The zero-order chi connectivity index (χ0) is 21.6. The van der Waals surface area contributed by atoms with Crippen LogP contribution in [0.5, 0.6) is 0 Å². The number of imidazole rings is 1. The number of nitrogens with one attached hydrogen (secondary N) is 1. The van der Waals surface area contributed by atoms with Gasteiger partial charge in [-0.15, -0.1) is 0 Å². The van der Waals surface area contributed by atoms with Gasteiger partial charge in [-0.25, -0.2) is 4.98 Å². The predicted octanol–water partition coefficient (Wildman–Crippen LogP) is 4.54. The van der Waals surface area contributed by atoms with E-state index in [1.54, 1.807) is 41.5 Å². The maximum atomic E-state index is 13.1. The third-order valence-corrected chi connectivity index (χ3v) is 5.21. The number of carbonyl (C=O) groups is 2. The number of hydrogen-bond donors (Lipinski definition) is 1. The van der Waals surface area contributed by atoms with Gasteiger partial charge >= 0.3 is 0 Å². The highest BCUT2D eigenvalue weighted by Gasteiger charge is 2.23. The molecule has 0 spiro atoms. The van der Waals surface area contributed by atoms with Gasteiger partial charge in [-0.1, -0.05) is 66.7 Å². The summed E-state index contributed by atoms with van der Waals surface area (Å²) >= 11 is 0. The van der Waals surface area contributed by atoms with E-state index in [-0.39, 0.29) is 11.7 Å². The molecule has 0 saturated carbocycles. The highest BCUT2D eigenvalue weighted by Crippen LogP contribution is 2.24. The number of Topliss-reactive ketones (excluding diaryl/α,β-unsaturated/α-hetero) is 1. The molecule has 1 amide bonds. The average molecular weight is 409 g/mol. The van der Waals surface area contributed by atoms with Crippen LogP contribution in [0.2, 0.25) is 0 Å². The van der Waals surface area contributed by atoms with Crippen molar-refractivity contribution in [3.05, 3.63) is 114 Å². The van der Waals surface area contributed by atoms with E-state index in [0.717, 1.165) is 16.7 Å². The fourth-order valence-corrected chi connectivity index (χ4v) is 3.59. The van der Waals surface area contributed by atoms with E-state index in [2.05, 4.69) is 10.3 Å². The van der Waals surface area contributed by atoms with Crippen molar-refractivity contribution in [3.63, 3.8) is 0 Å². The molecule has 1 aromatic heterocycles. The Labute approximate surface area is 181 Å². The predicted molar refractivity (Wildman–Crippen MR) is 121 cm³/mol. The highest BCUT2D eigenvalue weighted by atomic mass is 16.2. The Morgan fingerprint density at radius 3 is 2.29 bits per heavy atom. The second-order valence-electron chi connectivity index (χ2n) is 7.41. The first-order valence-electron chi connectivity index (χ1n) is 10.1. The van der Waals surface area contributed by atoms with Crippen LogP contribution < -0.4 is 5.32 Å². The van der Waals surface area contributed by atoms with Crippen LogP contribution >= 0.6 is 0 Å². The van der Waals surface area contributed by atoms with Crippen LogP contribution in [0.1, 0.15) is 26.3 Å². The number of nitrogens with zero attached hydrogens (tertiary/aromatic N) is 2. The lowest BCUT2D eigenvalue weighted by molar-refractivity contribution is 0.0847. The van der Waals surface area contributed by atoms with E-state index in [1.165, 1.54) is 0 Å². The molecule has 0 saturated heterocycles. The molecule has 3 aromatic carbocycles. The molecule has 4 aromatic rings. The molecule has 1 atom stereocenters. The van der Waals surface area contributed by atoms with E-state index in [0.29, 0.717) is 17.7 Å². The Kier molecular flexibility index (Phi) is 6.03. The van der Waals surface area contributed by atoms with E-state index in [4.69, 9.17) is 0 Å². The van der Waals surface area contributed by atoms with Crippen LogP contribution in [-0.2, 0) is 6.54 Å². The molecule has 0 aliphatic carbocycles. The summed E-state index contributed by atoms with van der Waals surface area (Å²) in [6, 6.07) is 23.9. The Bertz CT molecular complexity index is 1170. The standard InChI is InChI=1S/C26H23N3O2/c1-19-16-22(12-13-23(19)20-8-4-2-5-9-20)26(31)28-24(17-29-15-14-27-18-29)25(30)21-10-6-3-7-11-21/h2-16,18,24H,17H2,1H3,(H,28,31). The van der Waals surface area contributed by atoms with E-state index < -0.39 is 6.04 Å². The van der Waals surface area contributed by atoms with Crippen molar-refractivity contribution in [3.8, 4) is 11.1 Å². The zero-order valence-electron chi connectivity index (χ0n) is 17.2. The fraction of sp³-hybridized carbons (Fsp3) is 0.115. The van der Waals surface area contributed by atoms with Crippen molar-refractivity contribution in [2.75, 3.05) is 0 Å². The summed E-state index contributed by atoms with van der Waals surface area (Å²) in [5.41, 5.74) is 4.26. The number of aryl methyl sites for hydroxylation is 1. The maximum absolute atomic E-state index is 13.1. The topological polar surface area (TPSA) is 64.0 Å². The lowest BCUT2D eigenvalue weighted by atomic mass is 9.98. The quantitative estimate of drug-likeness (QED) is 0.456. The van der Waals surface area contributed by atoms with Gasteiger partial charge < -0.3 is 9.88 Å². The number of amides is 1. The van der Waals surface area contributed by atoms with Gasteiger partial charge in [0.05, 0.1) is 12.9 Å². The second-order valence-corrected chi connectivity index (χ2v) is 7.41. The largest absolute Gasteiger partial charge is 0.340 e. The van der Waals surface area contributed by atoms with Crippen LogP contribution in [-0.4, -0.2) is 27.3 Å². The fourth-order valence-electron chi connectivity index (χ4n) is 3.59. The van der Waals surface area contributed by atoms with Gasteiger partial charge in [0, 0.05) is 23.5 Å². The summed E-state index contributed by atoms with van der Waals surface area (Å²) in [7, 11) is 0. The Morgan fingerprint density at radius 2 is 1.65 bits per heavy atom. The van der Waals surface area contributed by atoms with Gasteiger partial charge in [0.1, 0.15) is 6.04 Å². The molecule has 31 heavy (non-hydrogen) atoms. The summed E-state index contributed by atoms with van der Waals surface area (Å²) in [6.07, 6.45) is 5.06. The summed E-state index contributed by atoms with van der Waals surface area (Å²) in [6.45, 7) is 2.29. The Balaban J connectivity index is 1.57. The van der Waals surface area contributed by atoms with E-state index >= 15 is 0 Å². The van der Waals surface area contributed by atoms with Gasteiger partial charge in [-0.3, -0.25) is 9.59 Å². The number of rotatable bonds is 7. The van der Waals surface area contributed by atoms with Gasteiger partial charge in [-0.05, 0) is 35.7 Å². The Morgan fingerprint density at radius 1 is 0.935 bits per heavy atom. The molecule has 1 N–H and O–H groups in total. The lowest BCUT2D eigenvalue weighted by Gasteiger charge is -2.19. The first-order chi connectivity index (χ1) is 15.1. The number of hydrogen-bond acceptors (Lipinski definition) is 3. The smallest absolute Gasteiger partial charge is 0.251 e. The second kappa shape index (κ2) is 9.22. The highest BCUT2D eigenvalue weighted by molar-refractivity contribution is 6.04. The number of ketones is 1. The minimum absolute atomic E-state index is 0.139. The third kappa shape index (κ3) is 4.78. The molecule has 0 fully saturated rings. The van der Waals surface area contributed by atoms with Gasteiger partial charge in [0.2, 0.25) is 0 Å². The van der Waals surface area contributed by atoms with Crippen LogP contribution in [0.4, 0.5) is 0 Å². The molecule has 0 bridgehead atoms. The van der Waals surface area contributed by atoms with E-state index in [1.807, 2.05) is 67.6 Å². The summed E-state index contributed by atoms with van der Waals surface area (Å²) in [5.74, 6) is -0.419. The monoisotopic (exact) mass is 409 g/mol. The molecule has 5 nitrogen and oxygen atoms in total. The molecule has 0 aliphatic rings. The molecular formula is C26H23N3O2. The van der Waals surface area contributed by atoms with Crippen LogP contribution in [0.3, 0.4) is 0 Å². The van der Waals surface area contributed by atoms with Gasteiger partial charge in [0.25, 0.3) is 5.91 Å². The van der Waals surface area contributed by atoms with Crippen LogP contribution in [0.25, 0.3) is 11.1 Å². The first-order valence-corrected chi connectivity index (χ1v) is 10.1. The summed E-state index contributed by atoms with van der Waals surface area (Å²) in [5, 5.41) is 2.92. The van der Waals surface area contributed by atoms with E-state index in [9.17, 15) is 9.59 Å². The normalized spacial score (nSPS) is 11.6. The molecular weight excluding hydrogens is 386 g/mol. The number of benzene rings is 3. The molecule has 0 aliphatic heterocycles. The molecule has 1 unspecified atom stereocenters. The molecule has 5 heteroatoms. The van der Waals surface area contributed by atoms with Gasteiger partial charge in [0.15, 0.2) is 5.78 Å². The summed E-state index contributed by atoms with van der Waals surface area (Å²) < 4.78 is 1.79. The number of carbonyl (C=O) groups excluding carboxylic acids is 2. The van der Waals surface area contributed by atoms with Gasteiger partial charge in [-0.2, -0.15) is 0 Å². The molecule has 154 valence electrons. The van der Waals surface area contributed by atoms with Crippen molar-refractivity contribution >= 4 is 11.7 Å². The average Bonchev–Trinajstić information content (AvgIpc) is 3.32. The van der Waals surface area contributed by atoms with Crippen molar-refractivity contribution in [2.45, 2.75) is 19.5 Å². The lowest BCUT2D eigenvalue weighted by Crippen LogP contribution is -2.43. The molecule has 1 heterocycles. The summed E-state index contributed by atoms with van der Waals surface area (Å²) in [4.78, 5) is 30.2. The first kappa shape index (κ1) is 20.3. The van der Waals surface area contributed by atoms with Crippen LogP contribution in [0, 0.1) is 6.92 Å². The molecule has 4 rings (SSSR count). The number of aromatic nitrogens is 2. The van der Waals surface area contributed by atoms with Crippen LogP contribution in [0.15, 0.2) is 97.6 Å². The van der Waals surface area contributed by atoms with Crippen molar-refractivity contribution in [1.82, 2.24) is 14.9 Å². The molecule has 0 radical (unpaired) electrons. The third-order valence-electron chi connectivity index (χ3n) is 5.21. The maximum Gasteiger partial charge on any atom is 0.251 e. The minimum atomic E-state index is -0.710. The zero-order valence-corrected chi connectivity index (χ0v) is 17.2. The van der Waals surface area contributed by atoms with Crippen molar-refractivity contribution in [1.29, 1.82) is 0 Å². The SMILES string of the molecule is Cc1cc(C(=O)NC(Cn2ccnc2)C(=O)c2ccccc2)ccc1-c1ccccc1. The Hall–Kier alpha value is -3.99. The van der Waals surface area contributed by atoms with Crippen molar-refractivity contribution < 1.29 is 9.59 Å². The van der Waals surface area contributed by atoms with Crippen molar-refractivity contribution in [2.24, 2.45) is 0 Å².